The van der Waals surface area contributed by atoms with E-state index < -0.39 is 11.4 Å². The van der Waals surface area contributed by atoms with E-state index in [4.69, 9.17) is 25.8 Å². The first kappa shape index (κ1) is 28.5. The Hall–Kier alpha value is -3.54. The lowest BCUT2D eigenvalue weighted by molar-refractivity contribution is -0.140. The number of aromatic amines is 1. The molecule has 1 aromatic carbocycles. The molecular weight excluding hydrogens is 500 g/mol. The summed E-state index contributed by atoms with van der Waals surface area (Å²) in [5.74, 6) is 6.35. The smallest absolute Gasteiger partial charge is 0.342 e. The number of nitrogen functional groups attached to an aromatic ring is 1. The molecule has 1 amide bonds. The van der Waals surface area contributed by atoms with Crippen molar-refractivity contribution in [1.29, 1.82) is 0 Å². The van der Waals surface area contributed by atoms with Gasteiger partial charge in [-0.25, -0.2) is 10.6 Å². The second-order valence-corrected chi connectivity index (χ2v) is 10.9. The van der Waals surface area contributed by atoms with Crippen molar-refractivity contribution in [2.75, 3.05) is 63.8 Å². The number of carbonyl (C=O) groups is 2. The Bertz CT molecular complexity index is 1210. The number of benzene rings is 1. The average molecular weight is 541 g/mol. The molecule has 0 spiro atoms. The van der Waals surface area contributed by atoms with Crippen molar-refractivity contribution in [2.45, 2.75) is 39.2 Å². The number of nitrogens with two attached hydrogens (primary N) is 2. The summed E-state index contributed by atoms with van der Waals surface area (Å²) < 4.78 is 16.8. The van der Waals surface area contributed by atoms with Gasteiger partial charge in [-0.05, 0) is 38.1 Å². The maximum Gasteiger partial charge on any atom is 0.342 e. The Morgan fingerprint density at radius 1 is 1.18 bits per heavy atom. The first-order valence-electron chi connectivity index (χ1n) is 13.3. The van der Waals surface area contributed by atoms with Crippen LogP contribution in [0.25, 0.3) is 5.57 Å². The maximum atomic E-state index is 13.7. The van der Waals surface area contributed by atoms with Gasteiger partial charge in [-0.15, -0.1) is 0 Å². The van der Waals surface area contributed by atoms with Crippen molar-refractivity contribution in [3.63, 3.8) is 0 Å². The number of carbonyl (C=O) groups excluding carboxylic acids is 2. The van der Waals surface area contributed by atoms with Crippen LogP contribution in [0.3, 0.4) is 0 Å². The summed E-state index contributed by atoms with van der Waals surface area (Å²) in [6, 6.07) is 7.05. The highest BCUT2D eigenvalue weighted by molar-refractivity contribution is 6.18. The molecule has 4 rings (SSSR count). The molecule has 11 nitrogen and oxygen atoms in total. The van der Waals surface area contributed by atoms with Crippen LogP contribution in [0.1, 0.15) is 49.3 Å². The molecule has 0 radical (unpaired) electrons. The van der Waals surface area contributed by atoms with Crippen LogP contribution in [0.4, 0.5) is 11.5 Å². The van der Waals surface area contributed by atoms with Gasteiger partial charge in [-0.3, -0.25) is 9.69 Å². The number of rotatable bonds is 8. The molecule has 2 aliphatic rings. The number of aromatic nitrogens is 1. The highest BCUT2D eigenvalue weighted by atomic mass is 16.5. The van der Waals surface area contributed by atoms with E-state index in [0.29, 0.717) is 35.1 Å². The van der Waals surface area contributed by atoms with Crippen molar-refractivity contribution in [3.8, 4) is 5.75 Å². The van der Waals surface area contributed by atoms with Gasteiger partial charge in [0.25, 0.3) is 5.91 Å². The number of esters is 1. The van der Waals surface area contributed by atoms with Gasteiger partial charge < -0.3 is 34.8 Å². The molecule has 2 aromatic rings. The highest BCUT2D eigenvalue weighted by Crippen LogP contribution is 2.44. The molecule has 1 fully saturated rings. The molecule has 3 heterocycles. The SMILES string of the molecule is CC(C)OC(=O)C1=CN(C(=O)c2ccc(OCCN3CCOCC3)cc2)CC(C)(C)c2c1[nH]c(N)c2N(C)N. The number of fused-ring (bicyclic) bond motifs is 1. The minimum absolute atomic E-state index is 0.209. The monoisotopic (exact) mass is 540 g/mol. The fourth-order valence-electron chi connectivity index (χ4n) is 5.05. The quantitative estimate of drug-likeness (QED) is 0.261. The first-order chi connectivity index (χ1) is 18.5. The van der Waals surface area contributed by atoms with Crippen molar-refractivity contribution >= 4 is 29.0 Å². The van der Waals surface area contributed by atoms with Gasteiger partial charge in [-0.2, -0.15) is 0 Å². The zero-order chi connectivity index (χ0) is 28.3. The van der Waals surface area contributed by atoms with Gasteiger partial charge in [0, 0.05) is 56.0 Å². The second kappa shape index (κ2) is 11.7. The van der Waals surface area contributed by atoms with Crippen molar-refractivity contribution in [1.82, 2.24) is 14.8 Å². The van der Waals surface area contributed by atoms with Crippen LogP contribution < -0.4 is 21.3 Å². The molecular formula is C28H40N6O5. The number of hydrogen-bond acceptors (Lipinski definition) is 9. The third kappa shape index (κ3) is 6.38. The Balaban J connectivity index is 1.58. The Kier molecular flexibility index (Phi) is 8.53. The van der Waals surface area contributed by atoms with Gasteiger partial charge in [0.05, 0.1) is 36.3 Å². The lowest BCUT2D eigenvalue weighted by Gasteiger charge is -2.31. The highest BCUT2D eigenvalue weighted by Gasteiger charge is 2.39. The van der Waals surface area contributed by atoms with Crippen LogP contribution in [0.2, 0.25) is 0 Å². The van der Waals surface area contributed by atoms with E-state index in [1.165, 1.54) is 5.01 Å². The number of anilines is 2. The number of H-pyrrole nitrogens is 1. The normalized spacial score (nSPS) is 17.3. The van der Waals surface area contributed by atoms with Gasteiger partial charge in [0.1, 0.15) is 18.2 Å². The van der Waals surface area contributed by atoms with E-state index in [1.54, 1.807) is 56.3 Å². The van der Waals surface area contributed by atoms with E-state index in [0.717, 1.165) is 38.4 Å². The standard InChI is InChI=1S/C28H40N6O5/c1-18(2)39-27(36)21-16-34(17-28(3,4)22-23(21)31-25(29)24(22)32(5)30)26(35)19-6-8-20(9-7-19)38-15-12-33-10-13-37-14-11-33/h6-9,16,18,31H,10-15,17,29-30H2,1-5H3. The van der Waals surface area contributed by atoms with Crippen molar-refractivity contribution in [3.05, 3.63) is 47.3 Å². The zero-order valence-corrected chi connectivity index (χ0v) is 23.5. The molecule has 212 valence electrons. The maximum absolute atomic E-state index is 13.7. The van der Waals surface area contributed by atoms with E-state index in [-0.39, 0.29) is 24.1 Å². The summed E-state index contributed by atoms with van der Waals surface area (Å²) >= 11 is 0. The van der Waals surface area contributed by atoms with E-state index in [9.17, 15) is 9.59 Å². The lowest BCUT2D eigenvalue weighted by Crippen LogP contribution is -2.38. The number of ether oxygens (including phenoxy) is 3. The van der Waals surface area contributed by atoms with Crippen LogP contribution >= 0.6 is 0 Å². The van der Waals surface area contributed by atoms with E-state index in [1.807, 2.05) is 13.8 Å². The molecule has 0 bridgehead atoms. The summed E-state index contributed by atoms with van der Waals surface area (Å²) in [4.78, 5) is 33.9. The topological polar surface area (TPSA) is 139 Å². The number of nitrogens with zero attached hydrogens (tertiary/aromatic N) is 3. The molecule has 5 N–H and O–H groups in total. The minimum atomic E-state index is -0.610. The molecule has 39 heavy (non-hydrogen) atoms. The molecule has 2 aliphatic heterocycles. The summed E-state index contributed by atoms with van der Waals surface area (Å²) in [5, 5.41) is 1.42. The number of morpholine rings is 1. The first-order valence-corrected chi connectivity index (χ1v) is 13.3. The van der Waals surface area contributed by atoms with Crippen LogP contribution in [0.15, 0.2) is 30.5 Å². The second-order valence-electron chi connectivity index (χ2n) is 10.9. The Morgan fingerprint density at radius 2 is 1.85 bits per heavy atom. The predicted molar refractivity (Wildman–Crippen MR) is 150 cm³/mol. The zero-order valence-electron chi connectivity index (χ0n) is 23.5. The number of hydrazine groups is 1. The molecule has 1 aromatic heterocycles. The average Bonchev–Trinajstić information content (AvgIpc) is 3.19. The third-order valence-corrected chi connectivity index (χ3v) is 6.86. The van der Waals surface area contributed by atoms with Crippen molar-refractivity contribution in [2.24, 2.45) is 5.84 Å². The molecule has 0 atom stereocenters. The van der Waals surface area contributed by atoms with Crippen molar-refractivity contribution < 1.29 is 23.8 Å². The number of nitrogens with one attached hydrogen (secondary N) is 1. The molecule has 0 saturated carbocycles. The Morgan fingerprint density at radius 3 is 2.46 bits per heavy atom. The third-order valence-electron chi connectivity index (χ3n) is 6.86. The number of amides is 1. The van der Waals surface area contributed by atoms with Crippen LogP contribution in [-0.2, 0) is 19.7 Å². The molecule has 11 heteroatoms. The minimum Gasteiger partial charge on any atom is -0.492 e. The van der Waals surface area contributed by atoms with Gasteiger partial charge in [0.15, 0.2) is 0 Å². The van der Waals surface area contributed by atoms with Gasteiger partial charge in [-0.1, -0.05) is 13.8 Å². The molecule has 0 aliphatic carbocycles. The fraction of sp³-hybridized carbons (Fsp3) is 0.500. The van der Waals surface area contributed by atoms with E-state index in [2.05, 4.69) is 9.88 Å². The number of hydrogen-bond donors (Lipinski definition) is 3. The fourth-order valence-corrected chi connectivity index (χ4v) is 5.05. The van der Waals surface area contributed by atoms with Crippen LogP contribution in [-0.4, -0.2) is 85.8 Å². The summed E-state index contributed by atoms with van der Waals surface area (Å²) in [6.07, 6.45) is 1.20. The summed E-state index contributed by atoms with van der Waals surface area (Å²) in [5.41, 5.74) is 8.17. The Labute approximate surface area is 229 Å². The summed E-state index contributed by atoms with van der Waals surface area (Å²) in [7, 11) is 1.68. The van der Waals surface area contributed by atoms with Gasteiger partial charge in [0.2, 0.25) is 0 Å². The molecule has 1 saturated heterocycles. The lowest BCUT2D eigenvalue weighted by atomic mass is 9.82. The van der Waals surface area contributed by atoms with Gasteiger partial charge >= 0.3 is 5.97 Å². The van der Waals surface area contributed by atoms with E-state index >= 15 is 0 Å². The summed E-state index contributed by atoms with van der Waals surface area (Å²) in [6.45, 7) is 12.5. The predicted octanol–water partition coefficient (Wildman–Crippen LogP) is 2.34. The largest absolute Gasteiger partial charge is 0.492 e. The molecule has 0 unspecified atom stereocenters. The van der Waals surface area contributed by atoms with Crippen LogP contribution in [0.5, 0.6) is 5.75 Å². The van der Waals surface area contributed by atoms with Crippen LogP contribution in [0, 0.1) is 0 Å².